The van der Waals surface area contributed by atoms with E-state index in [1.54, 1.807) is 0 Å². The molecule has 2 aromatic rings. The van der Waals surface area contributed by atoms with Gasteiger partial charge in [0.2, 0.25) is 0 Å². The van der Waals surface area contributed by atoms with E-state index in [0.717, 1.165) is 24.5 Å². The number of hydrogen-bond acceptors (Lipinski definition) is 5. The molecule has 2 rings (SSSR count). The Morgan fingerprint density at radius 2 is 1.52 bits per heavy atom. The SMILES string of the molecule is CC(C)(CCNC(=O)c1ccc(S(C)(=O)=O)cc1)S(=O)(=O)c1cccc(C(F)(F)F)c1. The third-order valence-electron chi connectivity index (χ3n) is 4.76. The highest BCUT2D eigenvalue weighted by Gasteiger charge is 2.37. The van der Waals surface area contributed by atoms with Crippen LogP contribution in [0.4, 0.5) is 13.2 Å². The number of amides is 1. The fourth-order valence-electron chi connectivity index (χ4n) is 2.73. The largest absolute Gasteiger partial charge is 0.416 e. The predicted molar refractivity (Wildman–Crippen MR) is 109 cm³/mol. The average molecular weight is 478 g/mol. The molecule has 31 heavy (non-hydrogen) atoms. The molecule has 0 aliphatic rings. The second kappa shape index (κ2) is 8.62. The van der Waals surface area contributed by atoms with Gasteiger partial charge in [0.1, 0.15) is 0 Å². The van der Waals surface area contributed by atoms with E-state index in [9.17, 15) is 34.8 Å². The molecular weight excluding hydrogens is 455 g/mol. The Labute approximate surface area is 179 Å². The Balaban J connectivity index is 2.09. The maximum Gasteiger partial charge on any atom is 0.416 e. The van der Waals surface area contributed by atoms with Gasteiger partial charge in [-0.2, -0.15) is 13.2 Å². The minimum Gasteiger partial charge on any atom is -0.352 e. The van der Waals surface area contributed by atoms with Crippen LogP contribution in [0.2, 0.25) is 0 Å². The maximum absolute atomic E-state index is 12.9. The van der Waals surface area contributed by atoms with Crippen LogP contribution in [-0.4, -0.2) is 40.3 Å². The monoisotopic (exact) mass is 477 g/mol. The molecule has 11 heteroatoms. The van der Waals surface area contributed by atoms with Crippen molar-refractivity contribution in [1.29, 1.82) is 0 Å². The number of carbonyl (C=O) groups excluding carboxylic acids is 1. The summed E-state index contributed by atoms with van der Waals surface area (Å²) in [5.74, 6) is -0.535. The number of halogens is 3. The molecule has 0 aromatic heterocycles. The van der Waals surface area contributed by atoms with E-state index < -0.39 is 47.0 Å². The van der Waals surface area contributed by atoms with E-state index in [1.165, 1.54) is 38.1 Å². The Morgan fingerprint density at radius 3 is 2.03 bits per heavy atom. The summed E-state index contributed by atoms with van der Waals surface area (Å²) >= 11 is 0. The van der Waals surface area contributed by atoms with Gasteiger partial charge in [-0.15, -0.1) is 0 Å². The molecule has 1 N–H and O–H groups in total. The molecule has 6 nitrogen and oxygen atoms in total. The van der Waals surface area contributed by atoms with Gasteiger partial charge >= 0.3 is 6.18 Å². The van der Waals surface area contributed by atoms with E-state index in [0.29, 0.717) is 6.07 Å². The number of alkyl halides is 3. The van der Waals surface area contributed by atoms with Gasteiger partial charge in [-0.3, -0.25) is 4.79 Å². The summed E-state index contributed by atoms with van der Waals surface area (Å²) in [4.78, 5) is 11.8. The van der Waals surface area contributed by atoms with Gasteiger partial charge in [-0.25, -0.2) is 16.8 Å². The van der Waals surface area contributed by atoms with Gasteiger partial charge < -0.3 is 5.32 Å². The second-order valence-electron chi connectivity index (χ2n) is 7.59. The lowest BCUT2D eigenvalue weighted by Crippen LogP contribution is -2.37. The first-order valence-corrected chi connectivity index (χ1v) is 12.4. The van der Waals surface area contributed by atoms with Gasteiger partial charge in [0, 0.05) is 18.4 Å². The topological polar surface area (TPSA) is 97.4 Å². The Morgan fingerprint density at radius 1 is 0.935 bits per heavy atom. The molecular formula is C20H22F3NO5S2. The number of benzene rings is 2. The van der Waals surface area contributed by atoms with E-state index >= 15 is 0 Å². The van der Waals surface area contributed by atoms with Gasteiger partial charge in [-0.1, -0.05) is 6.07 Å². The van der Waals surface area contributed by atoms with Crippen LogP contribution in [-0.2, 0) is 25.9 Å². The average Bonchev–Trinajstić information content (AvgIpc) is 2.66. The zero-order valence-corrected chi connectivity index (χ0v) is 18.7. The lowest BCUT2D eigenvalue weighted by Gasteiger charge is -2.25. The van der Waals surface area contributed by atoms with Crippen LogP contribution in [0.25, 0.3) is 0 Å². The normalized spacial score (nSPS) is 13.1. The summed E-state index contributed by atoms with van der Waals surface area (Å²) in [6.45, 7) is 2.68. The first kappa shape index (κ1) is 24.9. The molecule has 170 valence electrons. The first-order chi connectivity index (χ1) is 14.1. The Kier molecular flexibility index (Phi) is 6.91. The zero-order valence-electron chi connectivity index (χ0n) is 17.0. The number of rotatable bonds is 7. The van der Waals surface area contributed by atoms with E-state index in [1.807, 2.05) is 0 Å². The molecule has 0 unspecified atom stereocenters. The summed E-state index contributed by atoms with van der Waals surface area (Å²) in [5, 5.41) is 2.54. The van der Waals surface area contributed by atoms with E-state index in [2.05, 4.69) is 5.32 Å². The smallest absolute Gasteiger partial charge is 0.352 e. The molecule has 0 spiro atoms. The highest BCUT2D eigenvalue weighted by atomic mass is 32.2. The van der Waals surface area contributed by atoms with Crippen molar-refractivity contribution in [3.05, 3.63) is 59.7 Å². The molecule has 1 amide bonds. The van der Waals surface area contributed by atoms with Crippen LogP contribution in [0.1, 0.15) is 36.2 Å². The number of sulfone groups is 2. The third kappa shape index (κ3) is 5.85. The van der Waals surface area contributed by atoms with Crippen molar-refractivity contribution in [2.24, 2.45) is 0 Å². The fraction of sp³-hybridized carbons (Fsp3) is 0.350. The van der Waals surface area contributed by atoms with Gasteiger partial charge in [0.25, 0.3) is 5.91 Å². The van der Waals surface area contributed by atoms with Crippen molar-refractivity contribution in [2.75, 3.05) is 12.8 Å². The quantitative estimate of drug-likeness (QED) is 0.659. The van der Waals surface area contributed by atoms with Crippen molar-refractivity contribution < 1.29 is 34.8 Å². The standard InChI is InChI=1S/C20H22F3NO5S2/c1-19(2,31(28,29)17-6-4-5-15(13-17)20(21,22)23)11-12-24-18(25)14-7-9-16(10-8-14)30(3,26)27/h4-10,13H,11-12H2,1-3H3,(H,24,25). The molecule has 0 bridgehead atoms. The van der Waals surface area contributed by atoms with Gasteiger partial charge in [0.05, 0.1) is 20.1 Å². The second-order valence-corrected chi connectivity index (χ2v) is 12.2. The van der Waals surface area contributed by atoms with Crippen LogP contribution in [0.15, 0.2) is 58.3 Å². The Hall–Kier alpha value is -2.40. The summed E-state index contributed by atoms with van der Waals surface area (Å²) in [6.07, 6.45) is -3.69. The molecule has 0 aliphatic heterocycles. The Bertz CT molecular complexity index is 1170. The van der Waals surface area contributed by atoms with Crippen LogP contribution in [0.3, 0.4) is 0 Å². The molecule has 0 saturated heterocycles. The fourth-order valence-corrected chi connectivity index (χ4v) is 4.90. The summed E-state index contributed by atoms with van der Waals surface area (Å²) in [6, 6.07) is 8.76. The third-order valence-corrected chi connectivity index (χ3v) is 8.42. The van der Waals surface area contributed by atoms with Crippen LogP contribution >= 0.6 is 0 Å². The highest BCUT2D eigenvalue weighted by molar-refractivity contribution is 7.92. The van der Waals surface area contributed by atoms with E-state index in [4.69, 9.17) is 0 Å². The van der Waals surface area contributed by atoms with E-state index in [-0.39, 0.29) is 23.4 Å². The molecule has 0 aliphatic carbocycles. The minimum atomic E-state index is -4.67. The molecule has 0 fully saturated rings. The molecule has 2 aromatic carbocycles. The molecule has 0 atom stereocenters. The summed E-state index contributed by atoms with van der Waals surface area (Å²) < 4.78 is 86.0. The van der Waals surface area contributed by atoms with Crippen LogP contribution < -0.4 is 5.32 Å². The lowest BCUT2D eigenvalue weighted by molar-refractivity contribution is -0.137. The van der Waals surface area contributed by atoms with Crippen molar-refractivity contribution in [3.63, 3.8) is 0 Å². The van der Waals surface area contributed by atoms with Crippen LogP contribution in [0.5, 0.6) is 0 Å². The minimum absolute atomic E-state index is 0.0531. The highest BCUT2D eigenvalue weighted by Crippen LogP contribution is 2.34. The van der Waals surface area contributed by atoms with Crippen molar-refractivity contribution in [3.8, 4) is 0 Å². The molecule has 0 saturated carbocycles. The zero-order chi connectivity index (χ0) is 23.7. The molecule has 0 heterocycles. The van der Waals surface area contributed by atoms with Crippen molar-refractivity contribution in [2.45, 2.75) is 41.0 Å². The molecule has 0 radical (unpaired) electrons. The first-order valence-electron chi connectivity index (χ1n) is 9.06. The lowest BCUT2D eigenvalue weighted by atomic mass is 10.1. The van der Waals surface area contributed by atoms with Crippen LogP contribution in [0, 0.1) is 0 Å². The number of carbonyl (C=O) groups is 1. The predicted octanol–water partition coefficient (Wildman–Crippen LogP) is 3.48. The number of nitrogens with one attached hydrogen (secondary N) is 1. The van der Waals surface area contributed by atoms with Crippen molar-refractivity contribution >= 4 is 25.6 Å². The summed E-state index contributed by atoms with van der Waals surface area (Å²) in [7, 11) is -7.53. The van der Waals surface area contributed by atoms with Gasteiger partial charge in [-0.05, 0) is 62.7 Å². The summed E-state index contributed by atoms with van der Waals surface area (Å²) in [5.41, 5.74) is -0.874. The maximum atomic E-state index is 12.9. The van der Waals surface area contributed by atoms with Crippen molar-refractivity contribution in [1.82, 2.24) is 5.32 Å². The van der Waals surface area contributed by atoms with Gasteiger partial charge in [0.15, 0.2) is 19.7 Å². The number of hydrogen-bond donors (Lipinski definition) is 1.